The molecule has 6 nitrogen and oxygen atoms in total. The van der Waals surface area contributed by atoms with Crippen LogP contribution in [0.15, 0.2) is 5.11 Å². The highest BCUT2D eigenvalue weighted by Crippen LogP contribution is 2.04. The molecule has 0 radical (unpaired) electrons. The van der Waals surface area contributed by atoms with E-state index in [4.69, 9.17) is 10.6 Å². The van der Waals surface area contributed by atoms with Gasteiger partial charge in [-0.05, 0) is 32.0 Å². The van der Waals surface area contributed by atoms with Gasteiger partial charge in [0.05, 0.1) is 0 Å². The van der Waals surface area contributed by atoms with Gasteiger partial charge in [0.2, 0.25) is 0 Å². The number of nitrogens with one attached hydrogen (secondary N) is 1. The van der Waals surface area contributed by atoms with Gasteiger partial charge in [0.25, 0.3) is 0 Å². The lowest BCUT2D eigenvalue weighted by molar-refractivity contribution is -0.138. The summed E-state index contributed by atoms with van der Waals surface area (Å²) >= 11 is 0. The fourth-order valence-electron chi connectivity index (χ4n) is 0.932. The molecule has 0 aromatic heterocycles. The van der Waals surface area contributed by atoms with Crippen LogP contribution in [0.1, 0.15) is 19.3 Å². The molecule has 0 amide bonds. The maximum atomic E-state index is 10.5. The fraction of sp³-hybridized carbons (Fsp3) is 0.857. The Morgan fingerprint density at radius 1 is 1.69 bits per heavy atom. The average molecular weight is 186 g/mol. The van der Waals surface area contributed by atoms with Crippen molar-refractivity contribution in [1.82, 2.24) is 5.32 Å². The van der Waals surface area contributed by atoms with E-state index in [2.05, 4.69) is 15.3 Å². The van der Waals surface area contributed by atoms with Crippen LogP contribution in [0.2, 0.25) is 0 Å². The number of carboxylic acid groups (broad SMARTS) is 1. The van der Waals surface area contributed by atoms with Gasteiger partial charge < -0.3 is 10.4 Å². The zero-order valence-electron chi connectivity index (χ0n) is 7.60. The van der Waals surface area contributed by atoms with Crippen LogP contribution in [0.5, 0.6) is 0 Å². The summed E-state index contributed by atoms with van der Waals surface area (Å²) in [5.74, 6) is -1.05. The second-order valence-electron chi connectivity index (χ2n) is 2.66. The number of azide groups is 1. The lowest BCUT2D eigenvalue weighted by Crippen LogP contribution is -2.17. The molecule has 0 bridgehead atoms. The van der Waals surface area contributed by atoms with Crippen LogP contribution >= 0.6 is 0 Å². The zero-order chi connectivity index (χ0) is 10.1. The largest absolute Gasteiger partial charge is 0.481 e. The average Bonchev–Trinajstić information content (AvgIpc) is 2.10. The highest BCUT2D eigenvalue weighted by atomic mass is 16.4. The molecule has 0 aliphatic carbocycles. The minimum Gasteiger partial charge on any atom is -0.481 e. The van der Waals surface area contributed by atoms with Crippen molar-refractivity contribution in [2.45, 2.75) is 25.3 Å². The van der Waals surface area contributed by atoms with E-state index in [1.807, 2.05) is 7.05 Å². The minimum absolute atomic E-state index is 0.404. The Bertz CT molecular complexity index is 199. The van der Waals surface area contributed by atoms with Gasteiger partial charge in [-0.15, -0.1) is 0 Å². The van der Waals surface area contributed by atoms with Crippen LogP contribution in [0, 0.1) is 0 Å². The zero-order valence-corrected chi connectivity index (χ0v) is 7.60. The van der Waals surface area contributed by atoms with Crippen LogP contribution < -0.4 is 5.32 Å². The molecule has 0 rings (SSSR count). The van der Waals surface area contributed by atoms with E-state index >= 15 is 0 Å². The topological polar surface area (TPSA) is 98.1 Å². The number of hydrogen-bond acceptors (Lipinski definition) is 3. The Kier molecular flexibility index (Phi) is 6.68. The van der Waals surface area contributed by atoms with Crippen molar-refractivity contribution in [3.8, 4) is 0 Å². The van der Waals surface area contributed by atoms with Crippen LogP contribution in [0.25, 0.3) is 10.4 Å². The molecule has 2 N–H and O–H groups in total. The molecule has 0 saturated carbocycles. The monoisotopic (exact) mass is 186 g/mol. The smallest absolute Gasteiger partial charge is 0.312 e. The summed E-state index contributed by atoms with van der Waals surface area (Å²) in [7, 11) is 1.84. The van der Waals surface area contributed by atoms with E-state index in [1.165, 1.54) is 0 Å². The molecule has 1 atom stereocenters. The van der Waals surface area contributed by atoms with Crippen LogP contribution in [0.3, 0.4) is 0 Å². The summed E-state index contributed by atoms with van der Waals surface area (Å²) in [4.78, 5) is 13.0. The lowest BCUT2D eigenvalue weighted by atomic mass is 10.1. The van der Waals surface area contributed by atoms with E-state index in [-0.39, 0.29) is 0 Å². The van der Waals surface area contributed by atoms with Gasteiger partial charge in [-0.1, -0.05) is 11.5 Å². The molecule has 0 aromatic carbocycles. The van der Waals surface area contributed by atoms with E-state index in [1.54, 1.807) is 0 Å². The summed E-state index contributed by atoms with van der Waals surface area (Å²) in [5.41, 5.74) is 8.07. The number of rotatable bonds is 7. The van der Waals surface area contributed by atoms with Gasteiger partial charge >= 0.3 is 5.97 Å². The molecule has 74 valence electrons. The van der Waals surface area contributed by atoms with Crippen molar-refractivity contribution in [3.05, 3.63) is 10.4 Å². The van der Waals surface area contributed by atoms with Gasteiger partial charge in [-0.2, -0.15) is 0 Å². The van der Waals surface area contributed by atoms with Crippen LogP contribution in [-0.2, 0) is 4.79 Å². The lowest BCUT2D eigenvalue weighted by Gasteiger charge is -2.04. The van der Waals surface area contributed by atoms with E-state index in [9.17, 15) is 4.79 Å². The maximum Gasteiger partial charge on any atom is 0.312 e. The van der Waals surface area contributed by atoms with Crippen molar-refractivity contribution < 1.29 is 9.90 Å². The Hall–Kier alpha value is -1.26. The second-order valence-corrected chi connectivity index (χ2v) is 2.66. The van der Waals surface area contributed by atoms with Crippen molar-refractivity contribution in [2.75, 3.05) is 13.6 Å². The van der Waals surface area contributed by atoms with Crippen molar-refractivity contribution in [3.63, 3.8) is 0 Å². The third kappa shape index (κ3) is 5.95. The quantitative estimate of drug-likeness (QED) is 0.270. The summed E-state index contributed by atoms with van der Waals surface area (Å²) in [5, 5.41) is 14.7. The summed E-state index contributed by atoms with van der Waals surface area (Å²) in [6, 6.07) is -0.915. The van der Waals surface area contributed by atoms with Crippen molar-refractivity contribution in [1.29, 1.82) is 0 Å². The van der Waals surface area contributed by atoms with Crippen molar-refractivity contribution >= 4 is 5.97 Å². The Balaban J connectivity index is 3.70. The highest BCUT2D eigenvalue weighted by molar-refractivity contribution is 5.73. The van der Waals surface area contributed by atoms with Gasteiger partial charge in [-0.3, -0.25) is 4.79 Å². The van der Waals surface area contributed by atoms with Crippen LogP contribution in [-0.4, -0.2) is 30.7 Å². The van der Waals surface area contributed by atoms with E-state index in [0.717, 1.165) is 19.4 Å². The minimum atomic E-state index is -1.05. The first-order valence-corrected chi connectivity index (χ1v) is 4.14. The first-order chi connectivity index (χ1) is 6.22. The molecule has 0 aliphatic heterocycles. The Morgan fingerprint density at radius 3 is 2.85 bits per heavy atom. The predicted octanol–water partition coefficient (Wildman–Crippen LogP) is 1.14. The van der Waals surface area contributed by atoms with Crippen molar-refractivity contribution in [2.24, 2.45) is 5.11 Å². The summed E-state index contributed by atoms with van der Waals surface area (Å²) in [6.07, 6.45) is 2.04. The molecule has 0 heterocycles. The number of aliphatic carboxylic acids is 1. The standard InChI is InChI=1S/C7H14N4O2/c1-9-5-3-2-4-6(7(12)13)10-11-8/h6,9H,2-5H2,1H3,(H,12,13)/t6-/m0/s1. The van der Waals surface area contributed by atoms with E-state index in [0.29, 0.717) is 6.42 Å². The number of carbonyl (C=O) groups is 1. The SMILES string of the molecule is CNCCCC[C@H](N=[N+]=[N-])C(=O)O. The van der Waals surface area contributed by atoms with Gasteiger partial charge in [0, 0.05) is 4.91 Å². The molecule has 6 heteroatoms. The molecule has 0 spiro atoms. The fourth-order valence-corrected chi connectivity index (χ4v) is 0.932. The first kappa shape index (κ1) is 11.7. The predicted molar refractivity (Wildman–Crippen MR) is 48.3 cm³/mol. The molecule has 13 heavy (non-hydrogen) atoms. The Morgan fingerprint density at radius 2 is 2.38 bits per heavy atom. The number of nitrogens with zero attached hydrogens (tertiary/aromatic N) is 3. The maximum absolute atomic E-state index is 10.5. The summed E-state index contributed by atoms with van der Waals surface area (Å²) < 4.78 is 0. The van der Waals surface area contributed by atoms with E-state index < -0.39 is 12.0 Å². The number of unbranched alkanes of at least 4 members (excludes halogenated alkanes) is 1. The Labute approximate surface area is 76.6 Å². The van der Waals surface area contributed by atoms with Gasteiger partial charge in [0.1, 0.15) is 6.04 Å². The van der Waals surface area contributed by atoms with Gasteiger partial charge in [0.15, 0.2) is 0 Å². The molecule has 0 unspecified atom stereocenters. The first-order valence-electron chi connectivity index (χ1n) is 4.14. The van der Waals surface area contributed by atoms with Crippen LogP contribution in [0.4, 0.5) is 0 Å². The second kappa shape index (κ2) is 7.39. The summed E-state index contributed by atoms with van der Waals surface area (Å²) in [6.45, 7) is 0.850. The molecular formula is C7H14N4O2. The molecule has 0 fully saturated rings. The molecular weight excluding hydrogens is 172 g/mol. The number of carboxylic acids is 1. The molecule has 0 aromatic rings. The number of hydrogen-bond donors (Lipinski definition) is 2. The molecule has 0 saturated heterocycles. The van der Waals surface area contributed by atoms with Gasteiger partial charge in [-0.25, -0.2) is 0 Å². The third-order valence-corrected chi connectivity index (χ3v) is 1.63. The highest BCUT2D eigenvalue weighted by Gasteiger charge is 2.13. The molecule has 0 aliphatic rings. The normalized spacial score (nSPS) is 11.8. The third-order valence-electron chi connectivity index (χ3n) is 1.63.